The van der Waals surface area contributed by atoms with Gasteiger partial charge in [-0.25, -0.2) is 0 Å². The normalized spacial score (nSPS) is 21.3. The summed E-state index contributed by atoms with van der Waals surface area (Å²) in [6, 6.07) is 0.0513. The van der Waals surface area contributed by atoms with Crippen molar-refractivity contribution in [3.05, 3.63) is 0 Å². The SMILES string of the molecule is CCCCCN(C)C(=O)C1CSCCN1. The smallest absolute Gasteiger partial charge is 0.240 e. The lowest BCUT2D eigenvalue weighted by Crippen LogP contribution is -2.49. The van der Waals surface area contributed by atoms with Crippen LogP contribution in [0, 0.1) is 0 Å². The molecule has 15 heavy (non-hydrogen) atoms. The van der Waals surface area contributed by atoms with Gasteiger partial charge in [-0.05, 0) is 6.42 Å². The van der Waals surface area contributed by atoms with E-state index in [1.807, 2.05) is 23.7 Å². The van der Waals surface area contributed by atoms with Crippen LogP contribution in [0.5, 0.6) is 0 Å². The first-order valence-electron chi connectivity index (χ1n) is 5.81. The highest BCUT2D eigenvalue weighted by molar-refractivity contribution is 7.99. The van der Waals surface area contributed by atoms with Crippen LogP contribution in [-0.4, -0.2) is 48.5 Å². The summed E-state index contributed by atoms with van der Waals surface area (Å²) in [6.07, 6.45) is 3.54. The van der Waals surface area contributed by atoms with Crippen molar-refractivity contribution in [2.75, 3.05) is 31.6 Å². The average Bonchev–Trinajstić information content (AvgIpc) is 2.29. The Morgan fingerprint density at radius 1 is 1.53 bits per heavy atom. The second-order valence-corrected chi connectivity index (χ2v) is 5.20. The van der Waals surface area contributed by atoms with E-state index in [1.54, 1.807) is 0 Å². The summed E-state index contributed by atoms with van der Waals surface area (Å²) >= 11 is 1.87. The van der Waals surface area contributed by atoms with Gasteiger partial charge in [0.2, 0.25) is 5.91 Å². The van der Waals surface area contributed by atoms with Gasteiger partial charge in [0, 0.05) is 31.6 Å². The van der Waals surface area contributed by atoms with E-state index in [-0.39, 0.29) is 11.9 Å². The zero-order valence-corrected chi connectivity index (χ0v) is 10.6. The zero-order chi connectivity index (χ0) is 11.1. The van der Waals surface area contributed by atoms with Gasteiger partial charge in [0.15, 0.2) is 0 Å². The second kappa shape index (κ2) is 7.12. The van der Waals surface area contributed by atoms with E-state index in [0.717, 1.165) is 31.0 Å². The fourth-order valence-electron chi connectivity index (χ4n) is 1.70. The molecule has 0 bridgehead atoms. The number of carbonyl (C=O) groups is 1. The first-order valence-corrected chi connectivity index (χ1v) is 6.97. The summed E-state index contributed by atoms with van der Waals surface area (Å²) in [7, 11) is 1.92. The fraction of sp³-hybridized carbons (Fsp3) is 0.909. The van der Waals surface area contributed by atoms with Gasteiger partial charge in [-0.1, -0.05) is 19.8 Å². The van der Waals surface area contributed by atoms with Crippen LogP contribution in [0.4, 0.5) is 0 Å². The van der Waals surface area contributed by atoms with Crippen molar-refractivity contribution in [1.82, 2.24) is 10.2 Å². The van der Waals surface area contributed by atoms with Gasteiger partial charge in [-0.3, -0.25) is 4.79 Å². The molecule has 88 valence electrons. The summed E-state index contributed by atoms with van der Waals surface area (Å²) in [5, 5.41) is 3.28. The Bertz CT molecular complexity index is 193. The molecular weight excluding hydrogens is 208 g/mol. The first-order chi connectivity index (χ1) is 7.25. The average molecular weight is 230 g/mol. The largest absolute Gasteiger partial charge is 0.344 e. The standard InChI is InChI=1S/C11H22N2OS/c1-3-4-5-7-13(2)11(14)10-9-15-8-6-12-10/h10,12H,3-9H2,1-2H3. The number of likely N-dealkylation sites (N-methyl/N-ethyl adjacent to an activating group) is 1. The lowest BCUT2D eigenvalue weighted by Gasteiger charge is -2.27. The number of unbranched alkanes of at least 4 members (excludes halogenated alkanes) is 2. The van der Waals surface area contributed by atoms with Gasteiger partial charge in [-0.15, -0.1) is 0 Å². The molecule has 0 aliphatic carbocycles. The Kier molecular flexibility index (Phi) is 6.10. The molecule has 1 rings (SSSR count). The van der Waals surface area contributed by atoms with E-state index in [9.17, 15) is 4.79 Å². The van der Waals surface area contributed by atoms with Gasteiger partial charge < -0.3 is 10.2 Å². The topological polar surface area (TPSA) is 32.3 Å². The maximum absolute atomic E-state index is 11.9. The van der Waals surface area contributed by atoms with Crippen molar-refractivity contribution < 1.29 is 4.79 Å². The summed E-state index contributed by atoms with van der Waals surface area (Å²) in [6.45, 7) is 4.04. The molecule has 0 radical (unpaired) electrons. The molecule has 0 aromatic carbocycles. The molecule has 1 amide bonds. The van der Waals surface area contributed by atoms with E-state index in [4.69, 9.17) is 0 Å². The highest BCUT2D eigenvalue weighted by Crippen LogP contribution is 2.09. The summed E-state index contributed by atoms with van der Waals surface area (Å²) in [4.78, 5) is 13.8. The summed E-state index contributed by atoms with van der Waals surface area (Å²) in [5.74, 6) is 2.32. The van der Waals surface area contributed by atoms with Gasteiger partial charge in [0.25, 0.3) is 0 Å². The molecule has 1 atom stereocenters. The molecule has 1 unspecified atom stereocenters. The molecule has 0 spiro atoms. The van der Waals surface area contributed by atoms with Crippen LogP contribution < -0.4 is 5.32 Å². The lowest BCUT2D eigenvalue weighted by atomic mass is 10.2. The Morgan fingerprint density at radius 2 is 2.33 bits per heavy atom. The molecule has 1 fully saturated rings. The van der Waals surface area contributed by atoms with Crippen LogP contribution >= 0.6 is 11.8 Å². The number of nitrogens with one attached hydrogen (secondary N) is 1. The molecule has 1 heterocycles. The van der Waals surface area contributed by atoms with E-state index in [2.05, 4.69) is 12.2 Å². The van der Waals surface area contributed by atoms with Crippen molar-refractivity contribution in [1.29, 1.82) is 0 Å². The van der Waals surface area contributed by atoms with E-state index in [0.29, 0.717) is 0 Å². The third kappa shape index (κ3) is 4.43. The minimum atomic E-state index is 0.0513. The molecule has 0 aromatic rings. The van der Waals surface area contributed by atoms with Gasteiger partial charge in [0.1, 0.15) is 0 Å². The first kappa shape index (κ1) is 12.8. The predicted molar refractivity (Wildman–Crippen MR) is 66.3 cm³/mol. The number of amides is 1. The summed E-state index contributed by atoms with van der Waals surface area (Å²) in [5.41, 5.74) is 0. The summed E-state index contributed by atoms with van der Waals surface area (Å²) < 4.78 is 0. The van der Waals surface area contributed by atoms with Gasteiger partial charge >= 0.3 is 0 Å². The Labute approximate surface area is 97.0 Å². The number of hydrogen-bond acceptors (Lipinski definition) is 3. The molecule has 1 N–H and O–H groups in total. The lowest BCUT2D eigenvalue weighted by molar-refractivity contribution is -0.131. The van der Waals surface area contributed by atoms with Crippen LogP contribution in [0.2, 0.25) is 0 Å². The minimum Gasteiger partial charge on any atom is -0.344 e. The third-order valence-corrected chi connectivity index (χ3v) is 3.75. The van der Waals surface area contributed by atoms with E-state index < -0.39 is 0 Å². The number of carbonyl (C=O) groups excluding carboxylic acids is 1. The van der Waals surface area contributed by atoms with Crippen molar-refractivity contribution in [2.24, 2.45) is 0 Å². The fourth-order valence-corrected chi connectivity index (χ4v) is 2.62. The van der Waals surface area contributed by atoms with Crippen molar-refractivity contribution in [3.63, 3.8) is 0 Å². The number of thioether (sulfide) groups is 1. The van der Waals surface area contributed by atoms with E-state index >= 15 is 0 Å². The maximum Gasteiger partial charge on any atom is 0.240 e. The highest BCUT2D eigenvalue weighted by Gasteiger charge is 2.23. The quantitative estimate of drug-likeness (QED) is 0.723. The van der Waals surface area contributed by atoms with Gasteiger partial charge in [0.05, 0.1) is 6.04 Å². The molecule has 3 nitrogen and oxygen atoms in total. The van der Waals surface area contributed by atoms with Crippen molar-refractivity contribution in [3.8, 4) is 0 Å². The molecule has 0 aromatic heterocycles. The Hall–Kier alpha value is -0.220. The van der Waals surface area contributed by atoms with Crippen molar-refractivity contribution >= 4 is 17.7 Å². The highest BCUT2D eigenvalue weighted by atomic mass is 32.2. The Balaban J connectivity index is 2.24. The minimum absolute atomic E-state index is 0.0513. The maximum atomic E-state index is 11.9. The third-order valence-electron chi connectivity index (χ3n) is 2.69. The van der Waals surface area contributed by atoms with E-state index in [1.165, 1.54) is 12.8 Å². The number of rotatable bonds is 5. The molecule has 1 aliphatic rings. The van der Waals surface area contributed by atoms with Crippen LogP contribution in [0.25, 0.3) is 0 Å². The molecule has 4 heteroatoms. The van der Waals surface area contributed by atoms with Crippen LogP contribution in [-0.2, 0) is 4.79 Å². The molecule has 0 saturated carbocycles. The zero-order valence-electron chi connectivity index (χ0n) is 9.79. The predicted octanol–water partition coefficient (Wildman–Crippen LogP) is 1.34. The number of hydrogen-bond donors (Lipinski definition) is 1. The van der Waals surface area contributed by atoms with Gasteiger partial charge in [-0.2, -0.15) is 11.8 Å². The Morgan fingerprint density at radius 3 is 2.93 bits per heavy atom. The number of nitrogens with zero attached hydrogens (tertiary/aromatic N) is 1. The van der Waals surface area contributed by atoms with Crippen LogP contribution in [0.15, 0.2) is 0 Å². The van der Waals surface area contributed by atoms with Crippen LogP contribution in [0.3, 0.4) is 0 Å². The molecule has 1 saturated heterocycles. The van der Waals surface area contributed by atoms with Crippen LogP contribution in [0.1, 0.15) is 26.2 Å². The molecule has 1 aliphatic heterocycles. The molecular formula is C11H22N2OS. The monoisotopic (exact) mass is 230 g/mol. The van der Waals surface area contributed by atoms with Crippen molar-refractivity contribution in [2.45, 2.75) is 32.2 Å². The second-order valence-electron chi connectivity index (χ2n) is 4.05.